The lowest BCUT2D eigenvalue weighted by molar-refractivity contribution is -0.122. The summed E-state index contributed by atoms with van der Waals surface area (Å²) in [4.78, 5) is 46.9. The van der Waals surface area contributed by atoms with Crippen LogP contribution in [0.15, 0.2) is 45.1 Å². The zero-order chi connectivity index (χ0) is 36.8. The third-order valence-electron chi connectivity index (χ3n) is 8.33. The van der Waals surface area contributed by atoms with Gasteiger partial charge in [-0.15, -0.1) is 11.3 Å². The lowest BCUT2D eigenvalue weighted by atomic mass is 10.1. The third kappa shape index (κ3) is 10.9. The summed E-state index contributed by atoms with van der Waals surface area (Å²) in [6.07, 6.45) is 12.5. The Kier molecular flexibility index (Phi) is 17.0. The highest BCUT2D eigenvalue weighted by atomic mass is 32.2. The molecule has 0 radical (unpaired) electrons. The Morgan fingerprint density at radius 2 is 1.49 bits per heavy atom. The Balaban J connectivity index is 1.69. The van der Waals surface area contributed by atoms with Crippen LogP contribution in [0, 0.1) is 0 Å². The van der Waals surface area contributed by atoms with Gasteiger partial charge in [-0.25, -0.2) is 0 Å². The smallest absolute Gasteiger partial charge is 0.373 e. The van der Waals surface area contributed by atoms with Gasteiger partial charge in [0.05, 0.1) is 21.4 Å². The third-order valence-corrected chi connectivity index (χ3v) is 15.0. The summed E-state index contributed by atoms with van der Waals surface area (Å²) in [6, 6.07) is 8.29. The molecule has 0 atom stereocenters. The minimum absolute atomic E-state index is 0.0619. The van der Waals surface area contributed by atoms with Crippen molar-refractivity contribution in [1.82, 2.24) is 14.8 Å². The highest BCUT2D eigenvalue weighted by molar-refractivity contribution is 8.30. The zero-order valence-corrected chi connectivity index (χ0v) is 34.8. The molecule has 280 valence electrons. The van der Waals surface area contributed by atoms with E-state index in [0.29, 0.717) is 44.8 Å². The van der Waals surface area contributed by atoms with Crippen LogP contribution in [0.4, 0.5) is 5.69 Å². The molecule has 0 bridgehead atoms. The number of carbonyl (C=O) groups excluding carboxylic acids is 2. The van der Waals surface area contributed by atoms with Gasteiger partial charge in [0, 0.05) is 37.8 Å². The molecule has 0 aliphatic carbocycles. The van der Waals surface area contributed by atoms with E-state index in [1.54, 1.807) is 16.7 Å². The Hall–Kier alpha value is -2.24. The predicted octanol–water partition coefficient (Wildman–Crippen LogP) is 5.98. The molecule has 2 amide bonds. The Labute approximate surface area is 321 Å². The van der Waals surface area contributed by atoms with Crippen molar-refractivity contribution in [2.24, 2.45) is 0 Å². The van der Waals surface area contributed by atoms with Crippen LogP contribution in [-0.4, -0.2) is 73.5 Å². The number of carbonyl (C=O) groups is 2. The van der Waals surface area contributed by atoms with Crippen molar-refractivity contribution < 1.29 is 22.9 Å². The van der Waals surface area contributed by atoms with E-state index in [1.807, 2.05) is 45.1 Å². The van der Waals surface area contributed by atoms with Crippen molar-refractivity contribution in [2.75, 3.05) is 44.0 Å². The molecule has 51 heavy (non-hydrogen) atoms. The minimum Gasteiger partial charge on any atom is -0.373 e. The van der Waals surface area contributed by atoms with E-state index in [4.69, 9.17) is 25.5 Å². The molecule has 2 aliphatic rings. The monoisotopic (exact) mass is 792 g/mol. The average Bonchev–Trinajstić information content (AvgIpc) is 3.73. The topological polar surface area (TPSA) is 102 Å². The van der Waals surface area contributed by atoms with Crippen molar-refractivity contribution in [3.8, 4) is 0 Å². The van der Waals surface area contributed by atoms with E-state index in [-0.39, 0.29) is 24.2 Å². The number of hydrogen-bond acceptors (Lipinski definition) is 11. The fraction of sp³-hybridized carbons (Fsp3) is 0.556. The predicted molar refractivity (Wildman–Crippen MR) is 217 cm³/mol. The van der Waals surface area contributed by atoms with Crippen molar-refractivity contribution in [3.05, 3.63) is 54.9 Å². The first-order chi connectivity index (χ1) is 24.7. The first kappa shape index (κ1) is 41.5. The largest absolute Gasteiger partial charge is 0.521 e. The molecule has 1 aromatic carbocycles. The molecular weight excluding hydrogens is 741 g/mol. The number of fused-ring (bicyclic) bond motifs is 1. The van der Waals surface area contributed by atoms with Crippen LogP contribution >= 0.6 is 47.1 Å². The number of benzene rings is 1. The quantitative estimate of drug-likeness (QED) is 0.0924. The van der Waals surface area contributed by atoms with E-state index >= 15 is 0 Å². The summed E-state index contributed by atoms with van der Waals surface area (Å²) in [5.41, 5.74) is 0.816. The van der Waals surface area contributed by atoms with E-state index in [2.05, 4.69) is 36.2 Å². The molecule has 1 saturated heterocycles. The average molecular weight is 793 g/mol. The van der Waals surface area contributed by atoms with Crippen LogP contribution < -0.4 is 25.0 Å². The number of amides is 2. The van der Waals surface area contributed by atoms with Gasteiger partial charge >= 0.3 is 8.80 Å². The minimum atomic E-state index is -3.17. The van der Waals surface area contributed by atoms with Crippen molar-refractivity contribution >= 4 is 88.7 Å². The number of thioether (sulfide) groups is 2. The Bertz CT molecular complexity index is 1710. The molecule has 0 saturated carbocycles. The highest BCUT2D eigenvalue weighted by Gasteiger charge is 2.41. The normalized spacial score (nSPS) is 17.0. The van der Waals surface area contributed by atoms with Gasteiger partial charge in [-0.1, -0.05) is 100 Å². The van der Waals surface area contributed by atoms with Crippen LogP contribution in [0.1, 0.15) is 86.0 Å². The van der Waals surface area contributed by atoms with E-state index < -0.39 is 14.7 Å². The van der Waals surface area contributed by atoms with E-state index in [0.717, 1.165) is 49.4 Å². The first-order valence-electron chi connectivity index (χ1n) is 18.1. The summed E-state index contributed by atoms with van der Waals surface area (Å²) in [5, 5.41) is 3.92. The highest BCUT2D eigenvalue weighted by Crippen LogP contribution is 2.45. The molecule has 2 aliphatic heterocycles. The summed E-state index contributed by atoms with van der Waals surface area (Å²) in [5.74, 6) is -0.631. The molecule has 15 heteroatoms. The first-order valence-corrected chi connectivity index (χ1v) is 22.9. The second-order valence-electron chi connectivity index (χ2n) is 12.1. The Morgan fingerprint density at radius 1 is 0.843 bits per heavy atom. The molecule has 4 rings (SSSR count). The number of nitrogens with zero attached hydrogens (tertiary/aromatic N) is 3. The van der Waals surface area contributed by atoms with Gasteiger partial charge < -0.3 is 23.5 Å². The van der Waals surface area contributed by atoms with Crippen LogP contribution in [0.5, 0.6) is 0 Å². The molecule has 0 unspecified atom stereocenters. The lowest BCUT2D eigenvalue weighted by Crippen LogP contribution is -2.56. The van der Waals surface area contributed by atoms with Gasteiger partial charge in [-0.2, -0.15) is 0 Å². The second kappa shape index (κ2) is 20.9. The number of unbranched alkanes of at least 4 members (excludes halogenated alkanes) is 6. The number of hydrogen-bond donors (Lipinski definition) is 1. The van der Waals surface area contributed by atoms with Crippen LogP contribution in [0.2, 0.25) is 0 Å². The zero-order valence-electron chi connectivity index (χ0n) is 30.5. The molecule has 1 N–H and O–H groups in total. The van der Waals surface area contributed by atoms with Crippen LogP contribution in [0.25, 0.3) is 11.0 Å². The van der Waals surface area contributed by atoms with Crippen molar-refractivity contribution in [2.45, 2.75) is 97.4 Å². The maximum absolute atomic E-state index is 14.1. The number of nitrogens with one attached hydrogen (secondary N) is 1. The maximum atomic E-state index is 14.1. The van der Waals surface area contributed by atoms with E-state index in [9.17, 15) is 14.4 Å². The van der Waals surface area contributed by atoms with Gasteiger partial charge in [0.15, 0.2) is 0 Å². The summed E-state index contributed by atoms with van der Waals surface area (Å²) in [7, 11) is -3.17. The summed E-state index contributed by atoms with van der Waals surface area (Å²) < 4.78 is 20.4. The second-order valence-corrected chi connectivity index (χ2v) is 18.4. The van der Waals surface area contributed by atoms with Crippen molar-refractivity contribution in [3.63, 3.8) is 0 Å². The molecule has 10 nitrogen and oxygen atoms in total. The number of anilines is 1. The number of thiazole rings is 1. The maximum Gasteiger partial charge on any atom is 0.521 e. The lowest BCUT2D eigenvalue weighted by Gasteiger charge is -2.28. The molecule has 1 fully saturated rings. The van der Waals surface area contributed by atoms with Gasteiger partial charge in [0.2, 0.25) is 5.91 Å². The van der Waals surface area contributed by atoms with Crippen LogP contribution in [-0.2, 0) is 29.4 Å². The SMILES string of the molecule is CCCCCCCCN1C(=O)/C(=c2\s/c(=C\C=C3/Sc4ccccc4N3CCCC)c(=O)n2CC(=O)NC[Si](OCC)(OCC)OCC)SC1=S. The van der Waals surface area contributed by atoms with Crippen LogP contribution in [0.3, 0.4) is 0 Å². The molecule has 0 spiro atoms. The van der Waals surface area contributed by atoms with Crippen molar-refractivity contribution in [1.29, 1.82) is 0 Å². The number of thiocarbonyl (C=S) groups is 1. The van der Waals surface area contributed by atoms with Gasteiger partial charge in [-0.05, 0) is 57.9 Å². The van der Waals surface area contributed by atoms with E-state index in [1.165, 1.54) is 51.8 Å². The van der Waals surface area contributed by atoms with Gasteiger partial charge in [0.25, 0.3) is 11.5 Å². The number of para-hydroxylation sites is 1. The number of allylic oxidation sites excluding steroid dienone is 1. The van der Waals surface area contributed by atoms with Gasteiger partial charge in [0.1, 0.15) is 20.4 Å². The fourth-order valence-electron chi connectivity index (χ4n) is 5.83. The fourth-order valence-corrected chi connectivity index (χ4v) is 11.7. The summed E-state index contributed by atoms with van der Waals surface area (Å²) >= 11 is 9.76. The number of rotatable bonds is 21. The molecule has 2 aromatic rings. The molecular formula is C36H52N4O6S4Si. The standard InChI is InChI=1S/C36H52N4O6S4Si/c1-6-11-13-14-15-18-24-39-34(43)32(50-36(39)47)35-40(25-30(41)37-26-51(44-8-3,45-9-4)46-10-5)33(42)29(49-35)21-22-31-38(23-12-7-2)27-19-16-17-20-28(27)48-31/h16-17,19-22H,6-15,18,23-26H2,1-5H3,(H,37,41)/b29-21-,31-22-,35-32+. The summed E-state index contributed by atoms with van der Waals surface area (Å²) in [6.45, 7) is 12.2. The molecule has 1 aromatic heterocycles. The number of aromatic nitrogens is 1. The molecule has 3 heterocycles. The Morgan fingerprint density at radius 3 is 2.18 bits per heavy atom. The van der Waals surface area contributed by atoms with Gasteiger partial charge in [-0.3, -0.25) is 23.9 Å².